The van der Waals surface area contributed by atoms with E-state index in [1.807, 2.05) is 19.2 Å². The molecule has 0 saturated heterocycles. The zero-order valence-corrected chi connectivity index (χ0v) is 12.7. The smallest absolute Gasteiger partial charge is 0.222 e. The summed E-state index contributed by atoms with van der Waals surface area (Å²) in [6, 6.07) is 12.4. The van der Waals surface area contributed by atoms with Gasteiger partial charge in [-0.05, 0) is 35.6 Å². The second-order valence-electron chi connectivity index (χ2n) is 5.28. The van der Waals surface area contributed by atoms with Gasteiger partial charge in [0, 0.05) is 32.4 Å². The number of nitrogens with zero attached hydrogens (tertiary/aromatic N) is 2. The summed E-state index contributed by atoms with van der Waals surface area (Å²) >= 11 is 0. The Bertz CT molecular complexity index is 564. The highest BCUT2D eigenvalue weighted by Crippen LogP contribution is 2.09. The van der Waals surface area contributed by atoms with Gasteiger partial charge in [-0.15, -0.1) is 0 Å². The molecular weight excluding hydrogens is 260 g/mol. The van der Waals surface area contributed by atoms with Crippen molar-refractivity contribution in [3.8, 4) is 0 Å². The average molecular weight is 282 g/mol. The molecule has 0 fully saturated rings. The lowest BCUT2D eigenvalue weighted by Crippen LogP contribution is -2.26. The fourth-order valence-electron chi connectivity index (χ4n) is 2.24. The van der Waals surface area contributed by atoms with E-state index in [0.717, 1.165) is 18.4 Å². The molecule has 1 heterocycles. The summed E-state index contributed by atoms with van der Waals surface area (Å²) in [4.78, 5) is 18.0. The Morgan fingerprint density at radius 2 is 1.81 bits per heavy atom. The topological polar surface area (TPSA) is 33.2 Å². The highest BCUT2D eigenvalue weighted by Gasteiger charge is 2.09. The zero-order valence-electron chi connectivity index (χ0n) is 12.7. The lowest BCUT2D eigenvalue weighted by Gasteiger charge is -2.17. The van der Waals surface area contributed by atoms with E-state index in [2.05, 4.69) is 36.2 Å². The number of amides is 1. The Balaban J connectivity index is 1.83. The summed E-state index contributed by atoms with van der Waals surface area (Å²) in [5.74, 6) is 0.165. The lowest BCUT2D eigenvalue weighted by molar-refractivity contribution is -0.130. The normalized spacial score (nSPS) is 10.4. The first-order valence-electron chi connectivity index (χ1n) is 7.39. The van der Waals surface area contributed by atoms with Crippen LogP contribution < -0.4 is 0 Å². The monoisotopic (exact) mass is 282 g/mol. The molecule has 110 valence electrons. The van der Waals surface area contributed by atoms with Crippen molar-refractivity contribution in [2.75, 3.05) is 7.05 Å². The van der Waals surface area contributed by atoms with Crippen LogP contribution in [0.5, 0.6) is 0 Å². The van der Waals surface area contributed by atoms with Gasteiger partial charge in [0.15, 0.2) is 0 Å². The molecule has 3 heteroatoms. The van der Waals surface area contributed by atoms with E-state index in [1.165, 1.54) is 11.1 Å². The van der Waals surface area contributed by atoms with Gasteiger partial charge in [-0.3, -0.25) is 9.78 Å². The largest absolute Gasteiger partial charge is 0.341 e. The van der Waals surface area contributed by atoms with Crippen LogP contribution >= 0.6 is 0 Å². The molecule has 1 aromatic heterocycles. The van der Waals surface area contributed by atoms with Gasteiger partial charge in [0.2, 0.25) is 5.91 Å². The van der Waals surface area contributed by atoms with E-state index in [1.54, 1.807) is 17.3 Å². The van der Waals surface area contributed by atoms with Crippen molar-refractivity contribution >= 4 is 5.91 Å². The van der Waals surface area contributed by atoms with Crippen LogP contribution in [-0.4, -0.2) is 22.8 Å². The summed E-state index contributed by atoms with van der Waals surface area (Å²) in [7, 11) is 1.84. The molecule has 0 spiro atoms. The van der Waals surface area contributed by atoms with Crippen molar-refractivity contribution in [1.82, 2.24) is 9.88 Å². The highest BCUT2D eigenvalue weighted by molar-refractivity contribution is 5.76. The number of carbonyl (C=O) groups excluding carboxylic acids is 1. The molecule has 0 saturated carbocycles. The highest BCUT2D eigenvalue weighted by atomic mass is 16.2. The van der Waals surface area contributed by atoms with Gasteiger partial charge >= 0.3 is 0 Å². The lowest BCUT2D eigenvalue weighted by atomic mass is 10.1. The quantitative estimate of drug-likeness (QED) is 0.815. The average Bonchev–Trinajstić information content (AvgIpc) is 2.54. The molecule has 0 N–H and O–H groups in total. The van der Waals surface area contributed by atoms with E-state index < -0.39 is 0 Å². The van der Waals surface area contributed by atoms with Gasteiger partial charge in [-0.1, -0.05) is 37.3 Å². The molecule has 3 nitrogen and oxygen atoms in total. The van der Waals surface area contributed by atoms with Gasteiger partial charge in [-0.25, -0.2) is 0 Å². The van der Waals surface area contributed by atoms with Crippen molar-refractivity contribution < 1.29 is 4.79 Å². The maximum atomic E-state index is 12.1. The van der Waals surface area contributed by atoms with Gasteiger partial charge in [-0.2, -0.15) is 0 Å². The van der Waals surface area contributed by atoms with Crippen LogP contribution in [-0.2, 0) is 24.2 Å². The molecular formula is C18H22N2O. The molecule has 0 atom stereocenters. The Kier molecular flexibility index (Phi) is 5.50. The molecule has 0 aliphatic carbocycles. The van der Waals surface area contributed by atoms with Crippen LogP contribution in [0.1, 0.15) is 30.0 Å². The summed E-state index contributed by atoms with van der Waals surface area (Å²) in [6.07, 6.45) is 5.92. The van der Waals surface area contributed by atoms with Crippen LogP contribution in [0, 0.1) is 0 Å². The van der Waals surface area contributed by atoms with Gasteiger partial charge in [0.05, 0.1) is 0 Å². The molecule has 21 heavy (non-hydrogen) atoms. The van der Waals surface area contributed by atoms with Crippen LogP contribution in [0.25, 0.3) is 0 Å². The molecule has 0 aliphatic heterocycles. The molecule has 0 bridgehead atoms. The number of hydrogen-bond donors (Lipinski definition) is 0. The number of benzene rings is 1. The Hall–Kier alpha value is -2.16. The van der Waals surface area contributed by atoms with Crippen molar-refractivity contribution in [2.24, 2.45) is 0 Å². The predicted molar refractivity (Wildman–Crippen MR) is 84.9 cm³/mol. The summed E-state index contributed by atoms with van der Waals surface area (Å²) in [6.45, 7) is 2.76. The first kappa shape index (κ1) is 15.2. The van der Waals surface area contributed by atoms with Crippen LogP contribution in [0.3, 0.4) is 0 Å². The Morgan fingerprint density at radius 3 is 2.43 bits per heavy atom. The second kappa shape index (κ2) is 7.58. The van der Waals surface area contributed by atoms with Gasteiger partial charge in [0.25, 0.3) is 0 Å². The number of pyridine rings is 1. The van der Waals surface area contributed by atoms with E-state index in [-0.39, 0.29) is 5.91 Å². The maximum absolute atomic E-state index is 12.1. The molecule has 0 unspecified atom stereocenters. The molecule has 2 aromatic rings. The van der Waals surface area contributed by atoms with Crippen molar-refractivity contribution in [1.29, 1.82) is 0 Å². The fourth-order valence-corrected chi connectivity index (χ4v) is 2.24. The fraction of sp³-hybridized carbons (Fsp3) is 0.333. The van der Waals surface area contributed by atoms with Crippen LogP contribution in [0.4, 0.5) is 0 Å². The third-order valence-electron chi connectivity index (χ3n) is 3.63. The van der Waals surface area contributed by atoms with Gasteiger partial charge in [0.1, 0.15) is 0 Å². The van der Waals surface area contributed by atoms with Crippen LogP contribution in [0.2, 0.25) is 0 Å². The molecule has 2 rings (SSSR count). The Labute approximate surface area is 126 Å². The van der Waals surface area contributed by atoms with Gasteiger partial charge < -0.3 is 4.90 Å². The first-order chi connectivity index (χ1) is 10.2. The third kappa shape index (κ3) is 4.71. The molecule has 0 aliphatic rings. The minimum absolute atomic E-state index is 0.165. The zero-order chi connectivity index (χ0) is 15.1. The van der Waals surface area contributed by atoms with Crippen molar-refractivity contribution in [2.45, 2.75) is 32.7 Å². The van der Waals surface area contributed by atoms with Crippen molar-refractivity contribution in [3.05, 3.63) is 65.5 Å². The SMILES string of the molecule is CCc1ccc(CCC(=O)N(C)Cc2cccnc2)cc1. The van der Waals surface area contributed by atoms with E-state index in [9.17, 15) is 4.79 Å². The summed E-state index contributed by atoms with van der Waals surface area (Å²) < 4.78 is 0. The second-order valence-corrected chi connectivity index (χ2v) is 5.28. The minimum atomic E-state index is 0.165. The summed E-state index contributed by atoms with van der Waals surface area (Å²) in [5, 5.41) is 0. The number of aryl methyl sites for hydroxylation is 2. The van der Waals surface area contributed by atoms with E-state index in [0.29, 0.717) is 13.0 Å². The summed E-state index contributed by atoms with van der Waals surface area (Å²) in [5.41, 5.74) is 3.61. The standard InChI is InChI=1S/C18H22N2O/c1-3-15-6-8-16(9-7-15)10-11-18(21)20(2)14-17-5-4-12-19-13-17/h4-9,12-13H,3,10-11,14H2,1-2H3. The van der Waals surface area contributed by atoms with Crippen molar-refractivity contribution in [3.63, 3.8) is 0 Å². The first-order valence-corrected chi connectivity index (χ1v) is 7.39. The number of carbonyl (C=O) groups is 1. The third-order valence-corrected chi connectivity index (χ3v) is 3.63. The Morgan fingerprint density at radius 1 is 1.10 bits per heavy atom. The van der Waals surface area contributed by atoms with E-state index in [4.69, 9.17) is 0 Å². The predicted octanol–water partition coefficient (Wildman–Crippen LogP) is 3.24. The number of hydrogen-bond acceptors (Lipinski definition) is 2. The van der Waals surface area contributed by atoms with Crippen LogP contribution in [0.15, 0.2) is 48.8 Å². The number of aromatic nitrogens is 1. The van der Waals surface area contributed by atoms with E-state index >= 15 is 0 Å². The molecule has 1 aromatic carbocycles. The maximum Gasteiger partial charge on any atom is 0.222 e. The molecule has 1 amide bonds. The number of rotatable bonds is 6. The minimum Gasteiger partial charge on any atom is -0.341 e. The molecule has 0 radical (unpaired) electrons.